The van der Waals surface area contributed by atoms with Crippen LogP contribution in [0.5, 0.6) is 0 Å². The maximum Gasteiger partial charge on any atom is 0.323 e. The molecule has 0 unspecified atom stereocenters. The van der Waals surface area contributed by atoms with E-state index in [4.69, 9.17) is 11.0 Å². The Morgan fingerprint density at radius 2 is 1.76 bits per heavy atom. The molecule has 0 saturated carbocycles. The Balaban J connectivity index is 2.12. The van der Waals surface area contributed by atoms with Crippen LogP contribution in [0.2, 0.25) is 0 Å². The number of carbonyl (C=O) groups is 1. The third-order valence-corrected chi connectivity index (χ3v) is 3.28. The van der Waals surface area contributed by atoms with Crippen molar-refractivity contribution < 1.29 is 4.79 Å². The van der Waals surface area contributed by atoms with Crippen molar-refractivity contribution in [1.29, 1.82) is 5.26 Å². The van der Waals surface area contributed by atoms with Gasteiger partial charge in [0.2, 0.25) is 0 Å². The van der Waals surface area contributed by atoms with Gasteiger partial charge in [0.15, 0.2) is 0 Å². The molecule has 2 rings (SSSR count). The number of amides is 2. The number of hydrogen-bond donors (Lipinski definition) is 3. The van der Waals surface area contributed by atoms with E-state index in [2.05, 4.69) is 10.6 Å². The molecule has 4 N–H and O–H groups in total. The molecule has 2 aromatic carbocycles. The number of benzene rings is 2. The summed E-state index contributed by atoms with van der Waals surface area (Å²) < 4.78 is 0. The van der Waals surface area contributed by atoms with Crippen LogP contribution in [0, 0.1) is 25.2 Å². The first-order chi connectivity index (χ1) is 10.0. The molecule has 0 fully saturated rings. The van der Waals surface area contributed by atoms with E-state index in [-0.39, 0.29) is 6.03 Å². The first kappa shape index (κ1) is 14.4. The summed E-state index contributed by atoms with van der Waals surface area (Å²) in [4.78, 5) is 12.0. The van der Waals surface area contributed by atoms with Gasteiger partial charge >= 0.3 is 6.03 Å². The monoisotopic (exact) mass is 280 g/mol. The number of nitrogen functional groups attached to an aromatic ring is 1. The highest BCUT2D eigenvalue weighted by Gasteiger charge is 2.09. The van der Waals surface area contributed by atoms with Crippen LogP contribution in [0.3, 0.4) is 0 Å². The number of hydrogen-bond acceptors (Lipinski definition) is 3. The molecule has 21 heavy (non-hydrogen) atoms. The van der Waals surface area contributed by atoms with Crippen LogP contribution < -0.4 is 16.4 Å². The van der Waals surface area contributed by atoms with Gasteiger partial charge in [-0.2, -0.15) is 5.26 Å². The van der Waals surface area contributed by atoms with E-state index in [1.165, 1.54) is 0 Å². The molecule has 5 heteroatoms. The maximum absolute atomic E-state index is 12.0. The predicted octanol–water partition coefficient (Wildman–Crippen LogP) is 3.40. The first-order valence-corrected chi connectivity index (χ1v) is 6.45. The van der Waals surface area contributed by atoms with Crippen molar-refractivity contribution in [1.82, 2.24) is 0 Å². The Morgan fingerprint density at radius 3 is 2.38 bits per heavy atom. The lowest BCUT2D eigenvalue weighted by atomic mass is 10.1. The largest absolute Gasteiger partial charge is 0.397 e. The lowest BCUT2D eigenvalue weighted by Gasteiger charge is -2.14. The number of nitrogens with zero attached hydrogens (tertiary/aromatic N) is 1. The molecule has 0 aliphatic carbocycles. The first-order valence-electron chi connectivity index (χ1n) is 6.45. The maximum atomic E-state index is 12.0. The van der Waals surface area contributed by atoms with Crippen LogP contribution in [0.25, 0.3) is 0 Å². The van der Waals surface area contributed by atoms with Crippen molar-refractivity contribution >= 4 is 23.1 Å². The molecular formula is C16H16N4O. The zero-order chi connectivity index (χ0) is 15.4. The van der Waals surface area contributed by atoms with Gasteiger partial charge < -0.3 is 16.4 Å². The van der Waals surface area contributed by atoms with Crippen molar-refractivity contribution in [3.05, 3.63) is 53.1 Å². The summed E-state index contributed by atoms with van der Waals surface area (Å²) in [6.45, 7) is 3.86. The Bertz CT molecular complexity index is 714. The van der Waals surface area contributed by atoms with E-state index in [0.29, 0.717) is 22.6 Å². The average Bonchev–Trinajstić information content (AvgIpc) is 2.48. The number of anilines is 3. The van der Waals surface area contributed by atoms with Crippen LogP contribution in [-0.4, -0.2) is 6.03 Å². The van der Waals surface area contributed by atoms with Gasteiger partial charge in [0.25, 0.3) is 0 Å². The van der Waals surface area contributed by atoms with Gasteiger partial charge in [-0.15, -0.1) is 0 Å². The third-order valence-electron chi connectivity index (χ3n) is 3.28. The molecule has 2 amide bonds. The summed E-state index contributed by atoms with van der Waals surface area (Å²) in [5, 5.41) is 14.2. The summed E-state index contributed by atoms with van der Waals surface area (Å²) in [6.07, 6.45) is 0. The summed E-state index contributed by atoms with van der Waals surface area (Å²) in [5.74, 6) is 0. The fourth-order valence-electron chi connectivity index (χ4n) is 1.91. The molecular weight excluding hydrogens is 264 g/mol. The summed E-state index contributed by atoms with van der Waals surface area (Å²) >= 11 is 0. The Morgan fingerprint density at radius 1 is 1.10 bits per heavy atom. The molecule has 0 aromatic heterocycles. The van der Waals surface area contributed by atoms with E-state index in [0.717, 1.165) is 11.1 Å². The summed E-state index contributed by atoms with van der Waals surface area (Å²) in [6, 6.07) is 11.9. The minimum Gasteiger partial charge on any atom is -0.397 e. The SMILES string of the molecule is Cc1ccc(N)c(NC(=O)Nc2ccc(C#N)cc2)c1C. The molecule has 0 atom stereocenters. The van der Waals surface area contributed by atoms with Crippen molar-refractivity contribution in [3.8, 4) is 6.07 Å². The van der Waals surface area contributed by atoms with Gasteiger partial charge in [-0.3, -0.25) is 0 Å². The number of carbonyl (C=O) groups excluding carboxylic acids is 1. The van der Waals surface area contributed by atoms with E-state index >= 15 is 0 Å². The molecule has 0 bridgehead atoms. The topological polar surface area (TPSA) is 90.9 Å². The normalized spacial score (nSPS) is 9.76. The standard InChI is InChI=1S/C16H16N4O/c1-10-3-8-14(18)15(11(10)2)20-16(21)19-13-6-4-12(9-17)5-7-13/h3-8H,18H2,1-2H3,(H2,19,20,21). The van der Waals surface area contributed by atoms with E-state index < -0.39 is 0 Å². The number of nitriles is 1. The van der Waals surface area contributed by atoms with Crippen molar-refractivity contribution in [3.63, 3.8) is 0 Å². The average molecular weight is 280 g/mol. The molecule has 106 valence electrons. The zero-order valence-electron chi connectivity index (χ0n) is 11.9. The molecule has 0 aliphatic rings. The highest BCUT2D eigenvalue weighted by Crippen LogP contribution is 2.26. The second-order valence-corrected chi connectivity index (χ2v) is 4.74. The highest BCUT2D eigenvalue weighted by atomic mass is 16.2. The zero-order valence-corrected chi connectivity index (χ0v) is 11.9. The molecule has 0 saturated heterocycles. The number of aryl methyl sites for hydroxylation is 1. The van der Waals surface area contributed by atoms with Gasteiger partial charge in [0.1, 0.15) is 0 Å². The van der Waals surface area contributed by atoms with E-state index in [1.54, 1.807) is 30.3 Å². The van der Waals surface area contributed by atoms with E-state index in [1.807, 2.05) is 26.0 Å². The Labute approximate surface area is 123 Å². The summed E-state index contributed by atoms with van der Waals surface area (Å²) in [7, 11) is 0. The molecule has 0 radical (unpaired) electrons. The van der Waals surface area contributed by atoms with Crippen molar-refractivity contribution in [2.24, 2.45) is 0 Å². The Kier molecular flexibility index (Phi) is 4.10. The quantitative estimate of drug-likeness (QED) is 0.736. The molecule has 0 spiro atoms. The summed E-state index contributed by atoms with van der Waals surface area (Å²) in [5.41, 5.74) is 10.2. The number of rotatable bonds is 2. The van der Waals surface area contributed by atoms with Crippen molar-refractivity contribution in [2.75, 3.05) is 16.4 Å². The highest BCUT2D eigenvalue weighted by molar-refractivity contribution is 6.02. The molecule has 2 aromatic rings. The lowest BCUT2D eigenvalue weighted by Crippen LogP contribution is -2.21. The van der Waals surface area contributed by atoms with Gasteiger partial charge in [-0.1, -0.05) is 6.07 Å². The van der Waals surface area contributed by atoms with Gasteiger partial charge in [0.05, 0.1) is 23.0 Å². The third kappa shape index (κ3) is 3.31. The van der Waals surface area contributed by atoms with Gasteiger partial charge in [-0.05, 0) is 55.3 Å². The van der Waals surface area contributed by atoms with E-state index in [9.17, 15) is 4.79 Å². The molecule has 0 heterocycles. The van der Waals surface area contributed by atoms with Crippen LogP contribution in [-0.2, 0) is 0 Å². The predicted molar refractivity (Wildman–Crippen MR) is 84.1 cm³/mol. The number of urea groups is 1. The second kappa shape index (κ2) is 5.97. The minimum atomic E-state index is -0.375. The number of nitrogens with two attached hydrogens (primary N) is 1. The lowest BCUT2D eigenvalue weighted by molar-refractivity contribution is 0.262. The van der Waals surface area contributed by atoms with Crippen LogP contribution in [0.4, 0.5) is 21.9 Å². The van der Waals surface area contributed by atoms with Gasteiger partial charge in [-0.25, -0.2) is 4.79 Å². The Hall–Kier alpha value is -3.00. The van der Waals surface area contributed by atoms with Gasteiger partial charge in [0, 0.05) is 5.69 Å². The molecule has 5 nitrogen and oxygen atoms in total. The second-order valence-electron chi connectivity index (χ2n) is 4.74. The van der Waals surface area contributed by atoms with Crippen molar-refractivity contribution in [2.45, 2.75) is 13.8 Å². The van der Waals surface area contributed by atoms with Crippen LogP contribution in [0.1, 0.15) is 16.7 Å². The number of nitrogens with one attached hydrogen (secondary N) is 2. The molecule has 0 aliphatic heterocycles. The smallest absolute Gasteiger partial charge is 0.323 e. The van der Waals surface area contributed by atoms with Crippen LogP contribution >= 0.6 is 0 Å². The fraction of sp³-hybridized carbons (Fsp3) is 0.125. The van der Waals surface area contributed by atoms with Crippen LogP contribution in [0.15, 0.2) is 36.4 Å². The minimum absolute atomic E-state index is 0.375. The fourth-order valence-corrected chi connectivity index (χ4v) is 1.91.